The van der Waals surface area contributed by atoms with Gasteiger partial charge in [-0.1, -0.05) is 6.42 Å². The molecular weight excluding hydrogens is 208 g/mol. The Bertz CT molecular complexity index is 237. The molecule has 1 saturated carbocycles. The first kappa shape index (κ1) is 13.2. The van der Waals surface area contributed by atoms with Crippen LogP contribution in [-0.4, -0.2) is 31.6 Å². The predicted molar refractivity (Wildman–Crippen MR) is 59.0 cm³/mol. The maximum atomic E-state index is 11.5. The zero-order chi connectivity index (χ0) is 11.8. The number of ether oxygens (including phenoxy) is 2. The van der Waals surface area contributed by atoms with Crippen LogP contribution < -0.4 is 0 Å². The SMILES string of the molecule is CC(=O)OCCOCCC1CCCCC1=O. The van der Waals surface area contributed by atoms with Crippen molar-refractivity contribution in [3.8, 4) is 0 Å². The van der Waals surface area contributed by atoms with E-state index >= 15 is 0 Å². The van der Waals surface area contributed by atoms with E-state index in [-0.39, 0.29) is 11.9 Å². The van der Waals surface area contributed by atoms with Crippen LogP contribution in [0.2, 0.25) is 0 Å². The van der Waals surface area contributed by atoms with Gasteiger partial charge in [0.25, 0.3) is 0 Å². The summed E-state index contributed by atoms with van der Waals surface area (Å²) < 4.78 is 10.0. The average Bonchev–Trinajstić information content (AvgIpc) is 2.25. The fourth-order valence-electron chi connectivity index (χ4n) is 1.93. The van der Waals surface area contributed by atoms with E-state index in [4.69, 9.17) is 9.47 Å². The van der Waals surface area contributed by atoms with Crippen molar-refractivity contribution < 1.29 is 19.1 Å². The van der Waals surface area contributed by atoms with Crippen molar-refractivity contribution in [2.75, 3.05) is 19.8 Å². The second-order valence-electron chi connectivity index (χ2n) is 4.15. The van der Waals surface area contributed by atoms with Crippen molar-refractivity contribution in [2.45, 2.75) is 39.0 Å². The molecule has 4 heteroatoms. The standard InChI is InChI=1S/C12H20O4/c1-10(13)16-9-8-15-7-6-11-4-2-3-5-12(11)14/h11H,2-9H2,1H3. The van der Waals surface area contributed by atoms with Gasteiger partial charge in [0.1, 0.15) is 12.4 Å². The minimum atomic E-state index is -0.286. The Morgan fingerprint density at radius 1 is 1.31 bits per heavy atom. The van der Waals surface area contributed by atoms with Gasteiger partial charge < -0.3 is 9.47 Å². The molecule has 1 fully saturated rings. The van der Waals surface area contributed by atoms with Crippen LogP contribution in [0.4, 0.5) is 0 Å². The molecule has 1 aliphatic carbocycles. The number of carbonyl (C=O) groups excluding carboxylic acids is 2. The normalized spacial score (nSPS) is 20.8. The van der Waals surface area contributed by atoms with Gasteiger partial charge in [-0.15, -0.1) is 0 Å². The third kappa shape index (κ3) is 5.26. The van der Waals surface area contributed by atoms with Crippen LogP contribution in [0.3, 0.4) is 0 Å². The van der Waals surface area contributed by atoms with E-state index in [9.17, 15) is 9.59 Å². The summed E-state index contributed by atoms with van der Waals surface area (Å²) in [6.45, 7) is 2.67. The van der Waals surface area contributed by atoms with E-state index in [0.717, 1.165) is 32.1 Å². The van der Waals surface area contributed by atoms with E-state index in [1.54, 1.807) is 0 Å². The van der Waals surface area contributed by atoms with Crippen LogP contribution in [0, 0.1) is 5.92 Å². The lowest BCUT2D eigenvalue weighted by molar-refractivity contribution is -0.142. The summed E-state index contributed by atoms with van der Waals surface area (Å²) >= 11 is 0. The van der Waals surface area contributed by atoms with Gasteiger partial charge in [-0.2, -0.15) is 0 Å². The van der Waals surface area contributed by atoms with Gasteiger partial charge in [0.15, 0.2) is 0 Å². The summed E-state index contributed by atoms with van der Waals surface area (Å²) in [5, 5.41) is 0. The molecule has 16 heavy (non-hydrogen) atoms. The van der Waals surface area contributed by atoms with Gasteiger partial charge in [0, 0.05) is 25.9 Å². The molecule has 0 aliphatic heterocycles. The molecule has 0 aromatic rings. The molecule has 0 amide bonds. The Balaban J connectivity index is 1.98. The topological polar surface area (TPSA) is 52.6 Å². The van der Waals surface area contributed by atoms with Crippen LogP contribution in [0.15, 0.2) is 0 Å². The van der Waals surface area contributed by atoms with E-state index < -0.39 is 0 Å². The highest BCUT2D eigenvalue weighted by Gasteiger charge is 2.21. The van der Waals surface area contributed by atoms with Gasteiger partial charge in [-0.3, -0.25) is 9.59 Å². The van der Waals surface area contributed by atoms with E-state index in [1.807, 2.05) is 0 Å². The fourth-order valence-corrected chi connectivity index (χ4v) is 1.93. The number of rotatable bonds is 6. The molecule has 0 bridgehead atoms. The lowest BCUT2D eigenvalue weighted by Crippen LogP contribution is -2.21. The Labute approximate surface area is 96.3 Å². The predicted octanol–water partition coefficient (Wildman–Crippen LogP) is 1.72. The molecule has 0 radical (unpaired) electrons. The number of hydrogen-bond acceptors (Lipinski definition) is 4. The third-order valence-electron chi connectivity index (χ3n) is 2.82. The van der Waals surface area contributed by atoms with Gasteiger partial charge in [0.05, 0.1) is 6.61 Å². The lowest BCUT2D eigenvalue weighted by atomic mass is 9.86. The van der Waals surface area contributed by atoms with E-state index in [2.05, 4.69) is 0 Å². The molecule has 0 saturated heterocycles. The van der Waals surface area contributed by atoms with Crippen molar-refractivity contribution in [3.63, 3.8) is 0 Å². The summed E-state index contributed by atoms with van der Waals surface area (Å²) in [4.78, 5) is 21.9. The van der Waals surface area contributed by atoms with E-state index in [1.165, 1.54) is 6.92 Å². The Hall–Kier alpha value is -0.900. The molecule has 0 spiro atoms. The number of carbonyl (C=O) groups is 2. The van der Waals surface area contributed by atoms with Gasteiger partial charge in [-0.05, 0) is 19.3 Å². The monoisotopic (exact) mass is 228 g/mol. The first-order chi connectivity index (χ1) is 7.70. The molecule has 0 aromatic heterocycles. The molecule has 1 atom stereocenters. The lowest BCUT2D eigenvalue weighted by Gasteiger charge is -2.19. The largest absolute Gasteiger partial charge is 0.463 e. The summed E-state index contributed by atoms with van der Waals surface area (Å²) in [5.74, 6) is 0.295. The number of esters is 1. The van der Waals surface area contributed by atoms with Crippen molar-refractivity contribution in [1.82, 2.24) is 0 Å². The first-order valence-electron chi connectivity index (χ1n) is 5.94. The fraction of sp³-hybridized carbons (Fsp3) is 0.833. The maximum absolute atomic E-state index is 11.5. The zero-order valence-corrected chi connectivity index (χ0v) is 9.87. The van der Waals surface area contributed by atoms with Crippen LogP contribution in [-0.2, 0) is 19.1 Å². The van der Waals surface area contributed by atoms with Crippen LogP contribution in [0.5, 0.6) is 0 Å². The van der Waals surface area contributed by atoms with Gasteiger partial charge in [-0.25, -0.2) is 0 Å². The van der Waals surface area contributed by atoms with Gasteiger partial charge in [0.2, 0.25) is 0 Å². The highest BCUT2D eigenvalue weighted by molar-refractivity contribution is 5.81. The second kappa shape index (κ2) is 7.39. The number of ketones is 1. The number of Topliss-reactive ketones (excluding diaryl/α,β-unsaturated/α-hetero) is 1. The minimum absolute atomic E-state index is 0.197. The molecule has 92 valence electrons. The molecule has 1 unspecified atom stereocenters. The molecule has 0 aromatic carbocycles. The zero-order valence-electron chi connectivity index (χ0n) is 9.87. The second-order valence-corrected chi connectivity index (χ2v) is 4.15. The summed E-state index contributed by atoms with van der Waals surface area (Å²) in [5.41, 5.74) is 0. The van der Waals surface area contributed by atoms with Crippen LogP contribution >= 0.6 is 0 Å². The first-order valence-corrected chi connectivity index (χ1v) is 5.94. The Morgan fingerprint density at radius 3 is 2.81 bits per heavy atom. The molecular formula is C12H20O4. The summed E-state index contributed by atoms with van der Waals surface area (Å²) in [6, 6.07) is 0. The Morgan fingerprint density at radius 2 is 2.12 bits per heavy atom. The molecule has 0 heterocycles. The van der Waals surface area contributed by atoms with Crippen LogP contribution in [0.1, 0.15) is 39.0 Å². The summed E-state index contributed by atoms with van der Waals surface area (Å²) in [6.07, 6.45) is 4.75. The molecule has 4 nitrogen and oxygen atoms in total. The van der Waals surface area contributed by atoms with Crippen LogP contribution in [0.25, 0.3) is 0 Å². The quantitative estimate of drug-likeness (QED) is 0.513. The Kier molecular flexibility index (Phi) is 6.08. The molecule has 1 aliphatic rings. The van der Waals surface area contributed by atoms with Crippen molar-refractivity contribution in [3.05, 3.63) is 0 Å². The highest BCUT2D eigenvalue weighted by atomic mass is 16.6. The number of hydrogen-bond donors (Lipinski definition) is 0. The minimum Gasteiger partial charge on any atom is -0.463 e. The maximum Gasteiger partial charge on any atom is 0.302 e. The third-order valence-corrected chi connectivity index (χ3v) is 2.82. The van der Waals surface area contributed by atoms with Crippen molar-refractivity contribution in [2.24, 2.45) is 5.92 Å². The molecule has 0 N–H and O–H groups in total. The average molecular weight is 228 g/mol. The van der Waals surface area contributed by atoms with Crippen molar-refractivity contribution >= 4 is 11.8 Å². The molecule has 1 rings (SSSR count). The van der Waals surface area contributed by atoms with Crippen molar-refractivity contribution in [1.29, 1.82) is 0 Å². The highest BCUT2D eigenvalue weighted by Crippen LogP contribution is 2.23. The smallest absolute Gasteiger partial charge is 0.302 e. The van der Waals surface area contributed by atoms with Gasteiger partial charge >= 0.3 is 5.97 Å². The van der Waals surface area contributed by atoms with E-state index in [0.29, 0.717) is 25.6 Å². The summed E-state index contributed by atoms with van der Waals surface area (Å²) in [7, 11) is 0.